The molecule has 3 heteroatoms. The molecule has 2 aromatic rings. The summed E-state index contributed by atoms with van der Waals surface area (Å²) in [6.45, 7) is 0.724. The molecule has 0 amide bonds. The number of fused-ring (bicyclic) bond motifs is 2. The predicted molar refractivity (Wildman–Crippen MR) is 93.5 cm³/mol. The third-order valence-electron chi connectivity index (χ3n) is 4.81. The summed E-state index contributed by atoms with van der Waals surface area (Å²) < 4.78 is 11.0. The summed E-state index contributed by atoms with van der Waals surface area (Å²) >= 11 is 0. The van der Waals surface area contributed by atoms with Crippen LogP contribution in [0.1, 0.15) is 41.0 Å². The monoisotopic (exact) mass is 311 g/mol. The van der Waals surface area contributed by atoms with E-state index >= 15 is 0 Å². The number of nitrogens with two attached hydrogens (primary N) is 1. The van der Waals surface area contributed by atoms with Gasteiger partial charge in [0, 0.05) is 5.92 Å². The number of rotatable bonds is 5. The van der Waals surface area contributed by atoms with Gasteiger partial charge in [0.25, 0.3) is 0 Å². The van der Waals surface area contributed by atoms with Crippen LogP contribution in [0.25, 0.3) is 0 Å². The second-order valence-corrected chi connectivity index (χ2v) is 6.09. The van der Waals surface area contributed by atoms with Crippen molar-refractivity contribution in [1.29, 1.82) is 0 Å². The van der Waals surface area contributed by atoms with E-state index in [4.69, 9.17) is 15.2 Å². The van der Waals surface area contributed by atoms with Crippen LogP contribution < -0.4 is 15.2 Å². The molecule has 0 spiro atoms. The van der Waals surface area contributed by atoms with Gasteiger partial charge in [0.1, 0.15) is 0 Å². The lowest BCUT2D eigenvalue weighted by molar-refractivity contribution is 0.354. The van der Waals surface area contributed by atoms with Crippen molar-refractivity contribution in [1.82, 2.24) is 0 Å². The van der Waals surface area contributed by atoms with Gasteiger partial charge in [-0.1, -0.05) is 24.3 Å². The van der Waals surface area contributed by atoms with Crippen molar-refractivity contribution in [2.75, 3.05) is 20.8 Å². The molecule has 0 fully saturated rings. The predicted octanol–water partition coefficient (Wildman–Crippen LogP) is 3.67. The molecule has 0 radical (unpaired) electrons. The lowest BCUT2D eigenvalue weighted by Crippen LogP contribution is -2.08. The third kappa shape index (κ3) is 3.06. The van der Waals surface area contributed by atoms with Crippen LogP contribution in [0.15, 0.2) is 36.4 Å². The Morgan fingerprint density at radius 2 is 1.65 bits per heavy atom. The fourth-order valence-corrected chi connectivity index (χ4v) is 3.65. The maximum Gasteiger partial charge on any atom is 0.161 e. The second kappa shape index (κ2) is 7.05. The van der Waals surface area contributed by atoms with Crippen molar-refractivity contribution in [2.45, 2.75) is 31.6 Å². The van der Waals surface area contributed by atoms with Crippen LogP contribution in [0.3, 0.4) is 0 Å². The number of benzene rings is 2. The molecule has 2 N–H and O–H groups in total. The molecular formula is C20H25NO2. The lowest BCUT2D eigenvalue weighted by Gasteiger charge is -2.22. The van der Waals surface area contributed by atoms with Crippen LogP contribution in [-0.2, 0) is 12.8 Å². The molecule has 0 saturated heterocycles. The zero-order valence-corrected chi connectivity index (χ0v) is 14.0. The van der Waals surface area contributed by atoms with Crippen LogP contribution in [0, 0.1) is 0 Å². The standard InChI is InChI=1S/C20H25NO2/c1-22-19-12-15-10-9-14-6-3-4-7-16(14)17(8-5-11-21)18(15)13-20(19)23-2/h3-4,6-7,12-13,17H,5,8-11,21H2,1-2H3. The highest BCUT2D eigenvalue weighted by atomic mass is 16.5. The SMILES string of the molecule is COc1cc2c(cc1OC)C(CCCN)c1ccccc1CC2. The third-order valence-corrected chi connectivity index (χ3v) is 4.81. The van der Waals surface area contributed by atoms with Crippen molar-refractivity contribution in [3.05, 3.63) is 58.7 Å². The average molecular weight is 311 g/mol. The molecule has 0 bridgehead atoms. The van der Waals surface area contributed by atoms with Gasteiger partial charge in [-0.25, -0.2) is 0 Å². The Morgan fingerprint density at radius 1 is 0.957 bits per heavy atom. The normalized spacial score (nSPS) is 16.2. The molecule has 1 aliphatic rings. The molecular weight excluding hydrogens is 286 g/mol. The Kier molecular flexibility index (Phi) is 4.87. The van der Waals surface area contributed by atoms with Crippen LogP contribution in [0.4, 0.5) is 0 Å². The summed E-state index contributed by atoms with van der Waals surface area (Å²) in [5.74, 6) is 2.00. The van der Waals surface area contributed by atoms with Crippen molar-refractivity contribution in [3.63, 3.8) is 0 Å². The van der Waals surface area contributed by atoms with Crippen molar-refractivity contribution in [3.8, 4) is 11.5 Å². The summed E-state index contributed by atoms with van der Waals surface area (Å²) in [5.41, 5.74) is 11.4. The van der Waals surface area contributed by atoms with Gasteiger partial charge in [-0.2, -0.15) is 0 Å². The highest BCUT2D eigenvalue weighted by Crippen LogP contribution is 2.41. The molecule has 0 saturated carbocycles. The van der Waals surface area contributed by atoms with Gasteiger partial charge in [0.15, 0.2) is 11.5 Å². The Balaban J connectivity index is 2.13. The molecule has 23 heavy (non-hydrogen) atoms. The van der Waals surface area contributed by atoms with Gasteiger partial charge in [-0.3, -0.25) is 0 Å². The van der Waals surface area contributed by atoms with E-state index in [0.29, 0.717) is 5.92 Å². The fraction of sp³-hybridized carbons (Fsp3) is 0.400. The van der Waals surface area contributed by atoms with Crippen LogP contribution >= 0.6 is 0 Å². The minimum absolute atomic E-state index is 0.382. The maximum atomic E-state index is 5.78. The van der Waals surface area contributed by atoms with E-state index in [-0.39, 0.29) is 0 Å². The number of hydrogen-bond acceptors (Lipinski definition) is 3. The minimum atomic E-state index is 0.382. The molecule has 1 unspecified atom stereocenters. The molecule has 1 aliphatic carbocycles. The van der Waals surface area contributed by atoms with E-state index in [1.54, 1.807) is 14.2 Å². The molecule has 3 nitrogen and oxygen atoms in total. The molecule has 0 heterocycles. The van der Waals surface area contributed by atoms with Crippen LogP contribution in [0.5, 0.6) is 11.5 Å². The van der Waals surface area contributed by atoms with E-state index in [2.05, 4.69) is 36.4 Å². The van der Waals surface area contributed by atoms with Crippen LogP contribution in [-0.4, -0.2) is 20.8 Å². The molecule has 122 valence electrons. The zero-order chi connectivity index (χ0) is 16.2. The fourth-order valence-electron chi connectivity index (χ4n) is 3.65. The lowest BCUT2D eigenvalue weighted by atomic mass is 9.84. The van der Waals surface area contributed by atoms with E-state index in [1.807, 2.05) is 0 Å². The van der Waals surface area contributed by atoms with Gasteiger partial charge in [0.2, 0.25) is 0 Å². The first-order chi connectivity index (χ1) is 11.3. The Morgan fingerprint density at radius 3 is 2.39 bits per heavy atom. The summed E-state index contributed by atoms with van der Waals surface area (Å²) in [6.07, 6.45) is 4.19. The Labute approximate surface area is 138 Å². The van der Waals surface area contributed by atoms with Crippen molar-refractivity contribution < 1.29 is 9.47 Å². The summed E-state index contributed by atoms with van der Waals surface area (Å²) in [5, 5.41) is 0. The first-order valence-electron chi connectivity index (χ1n) is 8.31. The number of ether oxygens (including phenoxy) is 2. The zero-order valence-electron chi connectivity index (χ0n) is 14.0. The smallest absolute Gasteiger partial charge is 0.161 e. The van der Waals surface area contributed by atoms with Gasteiger partial charge in [0.05, 0.1) is 14.2 Å². The van der Waals surface area contributed by atoms with E-state index in [1.165, 1.54) is 22.3 Å². The van der Waals surface area contributed by atoms with Gasteiger partial charge >= 0.3 is 0 Å². The maximum absolute atomic E-state index is 5.78. The van der Waals surface area contributed by atoms with Gasteiger partial charge < -0.3 is 15.2 Å². The molecule has 3 rings (SSSR count). The summed E-state index contributed by atoms with van der Waals surface area (Å²) in [4.78, 5) is 0. The van der Waals surface area contributed by atoms with E-state index in [9.17, 15) is 0 Å². The number of methoxy groups -OCH3 is 2. The molecule has 2 aromatic carbocycles. The minimum Gasteiger partial charge on any atom is -0.493 e. The summed E-state index contributed by atoms with van der Waals surface area (Å²) in [6, 6.07) is 13.1. The topological polar surface area (TPSA) is 44.5 Å². The Hall–Kier alpha value is -2.00. The number of aryl methyl sites for hydroxylation is 2. The molecule has 0 aliphatic heterocycles. The van der Waals surface area contributed by atoms with Crippen molar-refractivity contribution in [2.24, 2.45) is 5.73 Å². The molecule has 0 aromatic heterocycles. The highest BCUT2D eigenvalue weighted by Gasteiger charge is 2.25. The quantitative estimate of drug-likeness (QED) is 0.916. The Bertz CT molecular complexity index is 681. The first-order valence-corrected chi connectivity index (χ1v) is 8.31. The number of hydrogen-bond donors (Lipinski definition) is 1. The van der Waals surface area contributed by atoms with Gasteiger partial charge in [-0.15, -0.1) is 0 Å². The van der Waals surface area contributed by atoms with Crippen LogP contribution in [0.2, 0.25) is 0 Å². The summed E-state index contributed by atoms with van der Waals surface area (Å²) in [7, 11) is 3.39. The molecule has 1 atom stereocenters. The van der Waals surface area contributed by atoms with E-state index < -0.39 is 0 Å². The average Bonchev–Trinajstić information content (AvgIpc) is 2.75. The van der Waals surface area contributed by atoms with E-state index in [0.717, 1.165) is 43.7 Å². The van der Waals surface area contributed by atoms with Crippen molar-refractivity contribution >= 4 is 0 Å². The second-order valence-electron chi connectivity index (χ2n) is 6.09. The largest absolute Gasteiger partial charge is 0.493 e. The van der Waals surface area contributed by atoms with Gasteiger partial charge in [-0.05, 0) is 66.6 Å². The highest BCUT2D eigenvalue weighted by molar-refractivity contribution is 5.53. The first kappa shape index (κ1) is 15.9.